The smallest absolute Gasteiger partial charge is 0.205 e. The lowest BCUT2D eigenvalue weighted by Crippen LogP contribution is -2.15. The van der Waals surface area contributed by atoms with Crippen molar-refractivity contribution in [3.8, 4) is 0 Å². The summed E-state index contributed by atoms with van der Waals surface area (Å²) in [6, 6.07) is 0. The highest BCUT2D eigenvalue weighted by Gasteiger charge is 2.06. The number of nitrogens with zero attached hydrogens (tertiary/aromatic N) is 2. The van der Waals surface area contributed by atoms with Crippen LogP contribution in [0.2, 0.25) is 0 Å². The normalized spacial score (nSPS) is 12.7. The molecule has 16 heavy (non-hydrogen) atoms. The lowest BCUT2D eigenvalue weighted by atomic mass is 10.4. The van der Waals surface area contributed by atoms with Gasteiger partial charge in [0.15, 0.2) is 0 Å². The molecule has 0 amide bonds. The van der Waals surface area contributed by atoms with E-state index in [-0.39, 0.29) is 6.10 Å². The molecule has 1 heterocycles. The summed E-state index contributed by atoms with van der Waals surface area (Å²) in [5.41, 5.74) is 0. The van der Waals surface area contributed by atoms with E-state index in [9.17, 15) is 0 Å². The Hall–Kier alpha value is -0.720. The highest BCUT2D eigenvalue weighted by atomic mass is 32.1. The monoisotopic (exact) mass is 245 g/mol. The van der Waals surface area contributed by atoms with Gasteiger partial charge in [-0.15, -0.1) is 10.2 Å². The molecule has 6 heteroatoms. The number of hydrogen-bond donors (Lipinski definition) is 1. The van der Waals surface area contributed by atoms with E-state index in [4.69, 9.17) is 9.47 Å². The Labute approximate surface area is 100 Å². The van der Waals surface area contributed by atoms with Gasteiger partial charge < -0.3 is 14.8 Å². The Morgan fingerprint density at radius 2 is 2.19 bits per heavy atom. The van der Waals surface area contributed by atoms with E-state index in [2.05, 4.69) is 15.5 Å². The molecule has 1 aromatic heterocycles. The van der Waals surface area contributed by atoms with Gasteiger partial charge in [-0.25, -0.2) is 0 Å². The summed E-state index contributed by atoms with van der Waals surface area (Å²) >= 11 is 1.52. The Bertz CT molecular complexity index is 293. The predicted molar refractivity (Wildman–Crippen MR) is 64.8 cm³/mol. The lowest BCUT2D eigenvalue weighted by molar-refractivity contribution is -0.0118. The maximum absolute atomic E-state index is 5.58. The van der Waals surface area contributed by atoms with Gasteiger partial charge in [0, 0.05) is 13.2 Å². The SMILES string of the molecule is CCNc1nnc(COC(C)COCC)s1. The Morgan fingerprint density at radius 1 is 1.38 bits per heavy atom. The van der Waals surface area contributed by atoms with Crippen LogP contribution in [0.5, 0.6) is 0 Å². The lowest BCUT2D eigenvalue weighted by Gasteiger charge is -2.10. The van der Waals surface area contributed by atoms with Gasteiger partial charge in [0.25, 0.3) is 0 Å². The zero-order valence-electron chi connectivity index (χ0n) is 10.0. The molecule has 1 atom stereocenters. The number of aromatic nitrogens is 2. The maximum Gasteiger partial charge on any atom is 0.205 e. The Balaban J connectivity index is 2.25. The van der Waals surface area contributed by atoms with Crippen molar-refractivity contribution in [2.75, 3.05) is 25.1 Å². The number of nitrogens with one attached hydrogen (secondary N) is 1. The minimum atomic E-state index is 0.0893. The average molecular weight is 245 g/mol. The molecule has 1 aromatic rings. The topological polar surface area (TPSA) is 56.3 Å². The molecule has 0 fully saturated rings. The molecule has 0 saturated heterocycles. The van der Waals surface area contributed by atoms with Crippen molar-refractivity contribution in [3.63, 3.8) is 0 Å². The fourth-order valence-electron chi connectivity index (χ4n) is 1.08. The third-order valence-electron chi connectivity index (χ3n) is 1.84. The number of rotatable bonds is 8. The fraction of sp³-hybridized carbons (Fsp3) is 0.800. The molecule has 5 nitrogen and oxygen atoms in total. The molecule has 1 unspecified atom stereocenters. The summed E-state index contributed by atoms with van der Waals surface area (Å²) in [7, 11) is 0. The van der Waals surface area contributed by atoms with Crippen molar-refractivity contribution in [1.29, 1.82) is 0 Å². The zero-order valence-corrected chi connectivity index (χ0v) is 10.8. The third-order valence-corrected chi connectivity index (χ3v) is 2.70. The minimum Gasteiger partial charge on any atom is -0.379 e. The van der Waals surface area contributed by atoms with E-state index >= 15 is 0 Å². The summed E-state index contributed by atoms with van der Waals surface area (Å²) in [5, 5.41) is 12.9. The largest absolute Gasteiger partial charge is 0.379 e. The molecule has 0 aromatic carbocycles. The van der Waals surface area contributed by atoms with Crippen LogP contribution in [-0.4, -0.2) is 36.1 Å². The molecule has 92 valence electrons. The van der Waals surface area contributed by atoms with Crippen molar-refractivity contribution in [2.24, 2.45) is 0 Å². The first kappa shape index (κ1) is 13.3. The number of hydrogen-bond acceptors (Lipinski definition) is 6. The van der Waals surface area contributed by atoms with Crippen LogP contribution in [0.4, 0.5) is 5.13 Å². The molecule has 0 spiro atoms. The molecule has 0 bridgehead atoms. The summed E-state index contributed by atoms with van der Waals surface area (Å²) in [6.07, 6.45) is 0.0893. The van der Waals surface area contributed by atoms with Crippen LogP contribution in [0.25, 0.3) is 0 Å². The third kappa shape index (κ3) is 4.87. The second-order valence-corrected chi connectivity index (χ2v) is 4.37. The molecule has 0 aliphatic rings. The Kier molecular flexibility index (Phi) is 6.29. The van der Waals surface area contributed by atoms with Crippen molar-refractivity contribution >= 4 is 16.5 Å². The first-order chi connectivity index (χ1) is 7.76. The quantitative estimate of drug-likeness (QED) is 0.758. The summed E-state index contributed by atoms with van der Waals surface area (Å²) < 4.78 is 10.8. The van der Waals surface area contributed by atoms with Crippen LogP contribution in [0.3, 0.4) is 0 Å². The van der Waals surface area contributed by atoms with Gasteiger partial charge in [-0.3, -0.25) is 0 Å². The molecular formula is C10H19N3O2S. The highest BCUT2D eigenvalue weighted by Crippen LogP contribution is 2.15. The van der Waals surface area contributed by atoms with E-state index < -0.39 is 0 Å². The first-order valence-corrected chi connectivity index (χ1v) is 6.33. The van der Waals surface area contributed by atoms with E-state index in [0.29, 0.717) is 13.2 Å². The number of ether oxygens (including phenoxy) is 2. The molecule has 1 N–H and O–H groups in total. The van der Waals surface area contributed by atoms with E-state index in [1.54, 1.807) is 0 Å². The van der Waals surface area contributed by atoms with Gasteiger partial charge >= 0.3 is 0 Å². The summed E-state index contributed by atoms with van der Waals surface area (Å²) in [4.78, 5) is 0. The van der Waals surface area contributed by atoms with Gasteiger partial charge in [-0.2, -0.15) is 0 Å². The van der Waals surface area contributed by atoms with E-state index in [1.807, 2.05) is 20.8 Å². The standard InChI is InChI=1S/C10H19N3O2S/c1-4-11-10-13-12-9(16-10)7-15-8(3)6-14-5-2/h8H,4-7H2,1-3H3,(H,11,13). The summed E-state index contributed by atoms with van der Waals surface area (Å²) in [6.45, 7) is 8.68. The second-order valence-electron chi connectivity index (χ2n) is 3.31. The van der Waals surface area contributed by atoms with E-state index in [0.717, 1.165) is 23.3 Å². The van der Waals surface area contributed by atoms with Crippen LogP contribution in [-0.2, 0) is 16.1 Å². The van der Waals surface area contributed by atoms with Crippen molar-refractivity contribution in [1.82, 2.24) is 10.2 Å². The van der Waals surface area contributed by atoms with E-state index in [1.165, 1.54) is 11.3 Å². The van der Waals surface area contributed by atoms with Crippen LogP contribution >= 0.6 is 11.3 Å². The van der Waals surface area contributed by atoms with Crippen LogP contribution < -0.4 is 5.32 Å². The molecule has 0 aliphatic carbocycles. The van der Waals surface area contributed by atoms with Crippen molar-refractivity contribution in [3.05, 3.63) is 5.01 Å². The van der Waals surface area contributed by atoms with Crippen LogP contribution in [0, 0.1) is 0 Å². The maximum atomic E-state index is 5.58. The van der Waals surface area contributed by atoms with Crippen LogP contribution in [0.1, 0.15) is 25.8 Å². The average Bonchev–Trinajstić information content (AvgIpc) is 2.72. The summed E-state index contributed by atoms with van der Waals surface area (Å²) in [5.74, 6) is 0. The predicted octanol–water partition coefficient (Wildman–Crippen LogP) is 1.91. The molecular weight excluding hydrogens is 226 g/mol. The van der Waals surface area contributed by atoms with Gasteiger partial charge in [-0.1, -0.05) is 11.3 Å². The Morgan fingerprint density at radius 3 is 2.88 bits per heavy atom. The fourth-order valence-corrected chi connectivity index (χ4v) is 1.81. The van der Waals surface area contributed by atoms with Gasteiger partial charge in [0.2, 0.25) is 5.13 Å². The van der Waals surface area contributed by atoms with Crippen LogP contribution in [0.15, 0.2) is 0 Å². The molecule has 0 saturated carbocycles. The molecule has 0 radical (unpaired) electrons. The van der Waals surface area contributed by atoms with Gasteiger partial charge in [0.05, 0.1) is 12.7 Å². The molecule has 0 aliphatic heterocycles. The van der Waals surface area contributed by atoms with Gasteiger partial charge in [0.1, 0.15) is 11.6 Å². The highest BCUT2D eigenvalue weighted by molar-refractivity contribution is 7.15. The molecule has 1 rings (SSSR count). The van der Waals surface area contributed by atoms with Crippen molar-refractivity contribution in [2.45, 2.75) is 33.5 Å². The second kappa shape index (κ2) is 7.54. The van der Waals surface area contributed by atoms with Gasteiger partial charge in [-0.05, 0) is 20.8 Å². The van der Waals surface area contributed by atoms with Crippen molar-refractivity contribution < 1.29 is 9.47 Å². The number of anilines is 1. The zero-order chi connectivity index (χ0) is 11.8. The first-order valence-electron chi connectivity index (χ1n) is 5.51. The minimum absolute atomic E-state index is 0.0893.